The third kappa shape index (κ3) is 2.94. The van der Waals surface area contributed by atoms with Crippen molar-refractivity contribution in [3.63, 3.8) is 0 Å². The molecule has 2 aliphatic rings. The van der Waals surface area contributed by atoms with Crippen molar-refractivity contribution in [1.29, 1.82) is 0 Å². The molecule has 5 rings (SSSR count). The molecule has 9 nitrogen and oxygen atoms in total. The molecule has 0 unspecified atom stereocenters. The van der Waals surface area contributed by atoms with E-state index in [-0.39, 0.29) is 29.5 Å². The van der Waals surface area contributed by atoms with Crippen molar-refractivity contribution >= 4 is 34.2 Å². The first-order valence-electron chi connectivity index (χ1n) is 8.97. The zero-order valence-electron chi connectivity index (χ0n) is 14.9. The fourth-order valence-electron chi connectivity index (χ4n) is 3.81. The van der Waals surface area contributed by atoms with Gasteiger partial charge in [-0.1, -0.05) is 5.16 Å². The van der Waals surface area contributed by atoms with Crippen LogP contribution in [-0.2, 0) is 4.74 Å². The zero-order valence-corrected chi connectivity index (χ0v) is 15.7. The SMILES string of the molecule is O=C(c1cscn1)N1C[C@@H]2COC[C@H](C1)N(C(=O)c1onc3ncccc13)C2. The van der Waals surface area contributed by atoms with Crippen molar-refractivity contribution in [3.8, 4) is 0 Å². The first-order valence-corrected chi connectivity index (χ1v) is 9.91. The molecule has 0 aromatic carbocycles. The van der Waals surface area contributed by atoms with E-state index in [4.69, 9.17) is 9.26 Å². The summed E-state index contributed by atoms with van der Waals surface area (Å²) in [6, 6.07) is 3.25. The van der Waals surface area contributed by atoms with Crippen LogP contribution in [0.15, 0.2) is 33.7 Å². The number of ether oxygens (including phenoxy) is 1. The molecule has 0 spiro atoms. The lowest BCUT2D eigenvalue weighted by atomic mass is 10.1. The van der Waals surface area contributed by atoms with Gasteiger partial charge in [0, 0.05) is 37.1 Å². The van der Waals surface area contributed by atoms with Crippen LogP contribution < -0.4 is 0 Å². The molecule has 3 aromatic heterocycles. The lowest BCUT2D eigenvalue weighted by Crippen LogP contribution is -2.47. The molecule has 144 valence electrons. The van der Waals surface area contributed by atoms with Gasteiger partial charge < -0.3 is 19.1 Å². The van der Waals surface area contributed by atoms with Crippen molar-refractivity contribution in [2.24, 2.45) is 5.92 Å². The predicted molar refractivity (Wildman–Crippen MR) is 99.0 cm³/mol. The number of amides is 2. The average molecular weight is 399 g/mol. The Morgan fingerprint density at radius 1 is 1.14 bits per heavy atom. The summed E-state index contributed by atoms with van der Waals surface area (Å²) in [7, 11) is 0. The summed E-state index contributed by atoms with van der Waals surface area (Å²) in [5.41, 5.74) is 2.49. The van der Waals surface area contributed by atoms with Crippen LogP contribution in [0, 0.1) is 5.92 Å². The lowest BCUT2D eigenvalue weighted by Gasteiger charge is -2.30. The normalized spacial score (nSPS) is 22.3. The quantitative estimate of drug-likeness (QED) is 0.640. The van der Waals surface area contributed by atoms with Crippen LogP contribution in [0.3, 0.4) is 0 Å². The maximum Gasteiger partial charge on any atom is 0.293 e. The number of hydrogen-bond acceptors (Lipinski definition) is 8. The summed E-state index contributed by atoms with van der Waals surface area (Å²) in [5, 5.41) is 6.22. The lowest BCUT2D eigenvalue weighted by molar-refractivity contribution is 0.0368. The van der Waals surface area contributed by atoms with Gasteiger partial charge in [-0.05, 0) is 12.1 Å². The summed E-state index contributed by atoms with van der Waals surface area (Å²) in [4.78, 5) is 37.9. The van der Waals surface area contributed by atoms with Gasteiger partial charge >= 0.3 is 0 Å². The van der Waals surface area contributed by atoms with Crippen molar-refractivity contribution in [2.45, 2.75) is 6.04 Å². The molecule has 2 fully saturated rings. The first kappa shape index (κ1) is 17.3. The number of rotatable bonds is 2. The van der Waals surface area contributed by atoms with E-state index in [1.165, 1.54) is 11.3 Å². The van der Waals surface area contributed by atoms with Crippen LogP contribution >= 0.6 is 11.3 Å². The minimum Gasteiger partial charge on any atom is -0.379 e. The molecule has 5 heterocycles. The number of nitrogens with zero attached hydrogens (tertiary/aromatic N) is 5. The van der Waals surface area contributed by atoms with Gasteiger partial charge in [-0.3, -0.25) is 9.59 Å². The number of hydrogen-bond donors (Lipinski definition) is 0. The number of fused-ring (bicyclic) bond motifs is 4. The summed E-state index contributed by atoms with van der Waals surface area (Å²) in [6.45, 7) is 2.28. The third-order valence-electron chi connectivity index (χ3n) is 5.12. The Morgan fingerprint density at radius 2 is 2.07 bits per heavy atom. The molecule has 28 heavy (non-hydrogen) atoms. The summed E-state index contributed by atoms with van der Waals surface area (Å²) in [5.74, 6) is -0.167. The summed E-state index contributed by atoms with van der Waals surface area (Å²) in [6.07, 6.45) is 1.61. The van der Waals surface area contributed by atoms with Crippen molar-refractivity contribution in [1.82, 2.24) is 24.9 Å². The topological polar surface area (TPSA) is 102 Å². The highest BCUT2D eigenvalue weighted by atomic mass is 32.1. The van der Waals surface area contributed by atoms with Gasteiger partial charge in [-0.15, -0.1) is 11.3 Å². The molecule has 2 saturated heterocycles. The van der Waals surface area contributed by atoms with Gasteiger partial charge in [-0.25, -0.2) is 9.97 Å². The molecule has 0 saturated carbocycles. The van der Waals surface area contributed by atoms with Gasteiger partial charge in [-0.2, -0.15) is 0 Å². The molecule has 0 N–H and O–H groups in total. The van der Waals surface area contributed by atoms with Crippen molar-refractivity contribution in [2.75, 3.05) is 32.8 Å². The fraction of sp³-hybridized carbons (Fsp3) is 0.389. The van der Waals surface area contributed by atoms with Gasteiger partial charge in [0.05, 0.1) is 30.2 Å². The van der Waals surface area contributed by atoms with E-state index in [1.807, 2.05) is 0 Å². The molecule has 2 amide bonds. The molecule has 0 radical (unpaired) electrons. The molecule has 10 heteroatoms. The van der Waals surface area contributed by atoms with E-state index in [9.17, 15) is 9.59 Å². The Balaban J connectivity index is 1.44. The van der Waals surface area contributed by atoms with E-state index in [1.54, 1.807) is 39.0 Å². The Morgan fingerprint density at radius 3 is 2.93 bits per heavy atom. The number of carbonyl (C=O) groups is 2. The second-order valence-electron chi connectivity index (χ2n) is 6.98. The standard InChI is InChI=1S/C18H17N5O4S/c24-17(14-9-28-10-20-14)22-4-11-5-23(12(6-22)8-26-7-11)18(25)15-13-2-1-3-19-16(13)21-27-15/h1-3,9-12H,4-8H2/t11-,12-/m0/s1. The number of thiazole rings is 1. The zero-order chi connectivity index (χ0) is 19.1. The van der Waals surface area contributed by atoms with Crippen molar-refractivity contribution < 1.29 is 18.8 Å². The number of pyridine rings is 1. The highest BCUT2D eigenvalue weighted by Gasteiger charge is 2.39. The fourth-order valence-corrected chi connectivity index (χ4v) is 4.33. The van der Waals surface area contributed by atoms with E-state index < -0.39 is 0 Å². The molecule has 2 bridgehead atoms. The van der Waals surface area contributed by atoms with Gasteiger partial charge in [0.1, 0.15) is 5.69 Å². The Kier molecular flexibility index (Phi) is 4.29. The summed E-state index contributed by atoms with van der Waals surface area (Å²) < 4.78 is 11.1. The predicted octanol–water partition coefficient (Wildman–Crippen LogP) is 1.29. The monoisotopic (exact) mass is 399 g/mol. The molecular formula is C18H17N5O4S. The minimum atomic E-state index is -0.264. The number of carbonyl (C=O) groups excluding carboxylic acids is 2. The second kappa shape index (κ2) is 6.95. The Bertz CT molecular complexity index is 1020. The van der Waals surface area contributed by atoms with Crippen LogP contribution in [0.5, 0.6) is 0 Å². The van der Waals surface area contributed by atoms with Gasteiger partial charge in [0.25, 0.3) is 11.8 Å². The van der Waals surface area contributed by atoms with E-state index >= 15 is 0 Å². The maximum atomic E-state index is 13.3. The van der Waals surface area contributed by atoms with Gasteiger partial charge in [0.15, 0.2) is 0 Å². The second-order valence-corrected chi connectivity index (χ2v) is 7.70. The largest absolute Gasteiger partial charge is 0.379 e. The van der Waals surface area contributed by atoms with Crippen LogP contribution in [0.4, 0.5) is 0 Å². The Hall–Kier alpha value is -2.85. The molecule has 3 aromatic rings. The third-order valence-corrected chi connectivity index (χ3v) is 5.70. The smallest absolute Gasteiger partial charge is 0.293 e. The number of aromatic nitrogens is 3. The van der Waals surface area contributed by atoms with Crippen LogP contribution in [-0.4, -0.2) is 75.6 Å². The van der Waals surface area contributed by atoms with Gasteiger partial charge in [0.2, 0.25) is 11.4 Å². The van der Waals surface area contributed by atoms with E-state index in [2.05, 4.69) is 15.1 Å². The molecule has 0 aliphatic carbocycles. The maximum absolute atomic E-state index is 13.3. The van der Waals surface area contributed by atoms with E-state index in [0.717, 1.165) is 0 Å². The summed E-state index contributed by atoms with van der Waals surface area (Å²) >= 11 is 1.39. The Labute approximate surface area is 163 Å². The molecular weight excluding hydrogens is 382 g/mol. The van der Waals surface area contributed by atoms with Crippen LogP contribution in [0.1, 0.15) is 21.0 Å². The molecule has 2 aliphatic heterocycles. The average Bonchev–Trinajstić information content (AvgIpc) is 3.29. The van der Waals surface area contributed by atoms with Crippen LogP contribution in [0.25, 0.3) is 11.0 Å². The van der Waals surface area contributed by atoms with Crippen LogP contribution in [0.2, 0.25) is 0 Å². The minimum absolute atomic E-state index is 0.0198. The highest BCUT2D eigenvalue weighted by Crippen LogP contribution is 2.25. The first-order chi connectivity index (χ1) is 13.7. The highest BCUT2D eigenvalue weighted by molar-refractivity contribution is 7.07. The molecule has 2 atom stereocenters. The van der Waals surface area contributed by atoms with E-state index in [0.29, 0.717) is 49.6 Å². The van der Waals surface area contributed by atoms with Crippen molar-refractivity contribution in [3.05, 3.63) is 40.7 Å².